The predicted octanol–water partition coefficient (Wildman–Crippen LogP) is 2.45. The van der Waals surface area contributed by atoms with Crippen LogP contribution in [-0.4, -0.2) is 42.4 Å². The van der Waals surface area contributed by atoms with E-state index >= 15 is 0 Å². The Bertz CT molecular complexity index is 392. The Hall–Kier alpha value is -0.680. The monoisotopic (exact) mass is 287 g/mol. The van der Waals surface area contributed by atoms with E-state index in [1.54, 1.807) is 12.1 Å². The molecule has 1 aromatic rings. The molecule has 0 heterocycles. The Labute approximate surface area is 117 Å². The molecule has 0 atom stereocenters. The van der Waals surface area contributed by atoms with E-state index in [-0.39, 0.29) is 12.4 Å². The standard InChI is InChI=1S/C14H19ClFNO2/c15-13-2-1-3-14(16)12(13)10-17(11-4-5-11)6-8-19-9-7-18/h1-3,11,18H,4-10H2. The van der Waals surface area contributed by atoms with Gasteiger partial charge in [-0.05, 0) is 25.0 Å². The van der Waals surface area contributed by atoms with Crippen LogP contribution in [0.2, 0.25) is 5.02 Å². The zero-order valence-corrected chi connectivity index (χ0v) is 11.6. The summed E-state index contributed by atoms with van der Waals surface area (Å²) in [6.07, 6.45) is 2.29. The highest BCUT2D eigenvalue weighted by Crippen LogP contribution is 2.30. The lowest BCUT2D eigenvalue weighted by atomic mass is 10.2. The van der Waals surface area contributed by atoms with Crippen LogP contribution in [0.4, 0.5) is 4.39 Å². The summed E-state index contributed by atoms with van der Waals surface area (Å²) >= 11 is 6.05. The van der Waals surface area contributed by atoms with E-state index in [1.807, 2.05) is 0 Å². The Balaban J connectivity index is 1.92. The molecule has 106 valence electrons. The van der Waals surface area contributed by atoms with Gasteiger partial charge < -0.3 is 9.84 Å². The van der Waals surface area contributed by atoms with Crippen molar-refractivity contribution < 1.29 is 14.2 Å². The molecule has 3 nitrogen and oxygen atoms in total. The smallest absolute Gasteiger partial charge is 0.129 e. The molecule has 2 rings (SSSR count). The van der Waals surface area contributed by atoms with Gasteiger partial charge in [0.2, 0.25) is 0 Å². The molecule has 0 bridgehead atoms. The summed E-state index contributed by atoms with van der Waals surface area (Å²) in [5.74, 6) is -0.255. The van der Waals surface area contributed by atoms with Gasteiger partial charge in [0.25, 0.3) is 0 Å². The third-order valence-corrected chi connectivity index (χ3v) is 3.60. The maximum absolute atomic E-state index is 13.8. The quantitative estimate of drug-likeness (QED) is 0.746. The molecular formula is C14H19ClFNO2. The fourth-order valence-electron chi connectivity index (χ4n) is 2.07. The molecule has 0 spiro atoms. The number of nitrogens with zero attached hydrogens (tertiary/aromatic N) is 1. The average Bonchev–Trinajstić information content (AvgIpc) is 3.21. The molecule has 0 saturated heterocycles. The maximum Gasteiger partial charge on any atom is 0.129 e. The fraction of sp³-hybridized carbons (Fsp3) is 0.571. The van der Waals surface area contributed by atoms with Crippen LogP contribution in [0.3, 0.4) is 0 Å². The number of benzene rings is 1. The molecule has 0 aliphatic heterocycles. The van der Waals surface area contributed by atoms with Gasteiger partial charge in [0.05, 0.1) is 19.8 Å². The first-order valence-electron chi connectivity index (χ1n) is 6.58. The van der Waals surface area contributed by atoms with Gasteiger partial charge in [0, 0.05) is 29.7 Å². The van der Waals surface area contributed by atoms with Crippen molar-refractivity contribution in [2.45, 2.75) is 25.4 Å². The largest absolute Gasteiger partial charge is 0.394 e. The molecule has 5 heteroatoms. The zero-order valence-electron chi connectivity index (χ0n) is 10.8. The van der Waals surface area contributed by atoms with Crippen LogP contribution in [0.5, 0.6) is 0 Å². The third kappa shape index (κ3) is 4.42. The summed E-state index contributed by atoms with van der Waals surface area (Å²) in [7, 11) is 0. The molecule has 0 radical (unpaired) electrons. The predicted molar refractivity (Wildman–Crippen MR) is 72.7 cm³/mol. The van der Waals surface area contributed by atoms with Gasteiger partial charge in [-0.2, -0.15) is 0 Å². The summed E-state index contributed by atoms with van der Waals surface area (Å²) in [6.45, 7) is 2.17. The summed E-state index contributed by atoms with van der Waals surface area (Å²) in [5.41, 5.74) is 0.554. The highest BCUT2D eigenvalue weighted by atomic mass is 35.5. The molecule has 19 heavy (non-hydrogen) atoms. The first kappa shape index (κ1) is 14.7. The lowest BCUT2D eigenvalue weighted by molar-refractivity contribution is 0.0700. The van der Waals surface area contributed by atoms with Gasteiger partial charge in [0.15, 0.2) is 0 Å². The van der Waals surface area contributed by atoms with Crippen LogP contribution in [0.25, 0.3) is 0 Å². The van der Waals surface area contributed by atoms with Gasteiger partial charge in [-0.3, -0.25) is 4.90 Å². The Morgan fingerprint density at radius 1 is 1.37 bits per heavy atom. The molecule has 1 saturated carbocycles. The van der Waals surface area contributed by atoms with Crippen molar-refractivity contribution in [3.05, 3.63) is 34.6 Å². The van der Waals surface area contributed by atoms with Crippen LogP contribution in [0.15, 0.2) is 18.2 Å². The summed E-state index contributed by atoms with van der Waals surface area (Å²) < 4.78 is 19.0. The van der Waals surface area contributed by atoms with Crippen molar-refractivity contribution in [1.29, 1.82) is 0 Å². The van der Waals surface area contributed by atoms with Gasteiger partial charge in [-0.15, -0.1) is 0 Å². The van der Waals surface area contributed by atoms with Crippen LogP contribution in [0, 0.1) is 5.82 Å². The normalized spacial score (nSPS) is 15.2. The number of halogens is 2. The lowest BCUT2D eigenvalue weighted by Crippen LogP contribution is -2.30. The lowest BCUT2D eigenvalue weighted by Gasteiger charge is -2.22. The van der Waals surface area contributed by atoms with Crippen molar-refractivity contribution >= 4 is 11.6 Å². The van der Waals surface area contributed by atoms with Gasteiger partial charge in [-0.25, -0.2) is 4.39 Å². The average molecular weight is 288 g/mol. The first-order chi connectivity index (χ1) is 9.22. The second kappa shape index (κ2) is 7.20. The van der Waals surface area contributed by atoms with E-state index in [0.29, 0.717) is 36.4 Å². The van der Waals surface area contributed by atoms with E-state index < -0.39 is 0 Å². The highest BCUT2D eigenvalue weighted by molar-refractivity contribution is 6.31. The van der Waals surface area contributed by atoms with Crippen molar-refractivity contribution in [3.8, 4) is 0 Å². The van der Waals surface area contributed by atoms with Crippen molar-refractivity contribution in [1.82, 2.24) is 4.90 Å². The summed E-state index contributed by atoms with van der Waals surface area (Å²) in [6, 6.07) is 5.28. The third-order valence-electron chi connectivity index (χ3n) is 3.24. The molecule has 0 unspecified atom stereocenters. The molecule has 1 fully saturated rings. The van der Waals surface area contributed by atoms with Crippen LogP contribution < -0.4 is 0 Å². The fourth-order valence-corrected chi connectivity index (χ4v) is 2.29. The highest BCUT2D eigenvalue weighted by Gasteiger charge is 2.29. The summed E-state index contributed by atoms with van der Waals surface area (Å²) in [4.78, 5) is 2.20. The second-order valence-corrected chi connectivity index (χ2v) is 5.15. The molecular weight excluding hydrogens is 269 g/mol. The topological polar surface area (TPSA) is 32.7 Å². The Morgan fingerprint density at radius 2 is 2.16 bits per heavy atom. The number of aliphatic hydroxyl groups excluding tert-OH is 1. The Kier molecular flexibility index (Phi) is 5.58. The SMILES string of the molecule is OCCOCCN(Cc1c(F)cccc1Cl)C1CC1. The number of hydrogen-bond acceptors (Lipinski definition) is 3. The molecule has 1 N–H and O–H groups in total. The van der Waals surface area contributed by atoms with Gasteiger partial charge >= 0.3 is 0 Å². The minimum Gasteiger partial charge on any atom is -0.394 e. The second-order valence-electron chi connectivity index (χ2n) is 4.74. The van der Waals surface area contributed by atoms with E-state index in [9.17, 15) is 4.39 Å². The van der Waals surface area contributed by atoms with Crippen LogP contribution >= 0.6 is 11.6 Å². The van der Waals surface area contributed by atoms with Crippen LogP contribution in [0.1, 0.15) is 18.4 Å². The maximum atomic E-state index is 13.8. The van der Waals surface area contributed by atoms with Gasteiger partial charge in [0.1, 0.15) is 5.82 Å². The molecule has 0 amide bonds. The zero-order chi connectivity index (χ0) is 13.7. The number of aliphatic hydroxyl groups is 1. The minimum absolute atomic E-state index is 0.0303. The minimum atomic E-state index is -0.255. The number of hydrogen-bond donors (Lipinski definition) is 1. The van der Waals surface area contributed by atoms with Gasteiger partial charge in [-0.1, -0.05) is 17.7 Å². The summed E-state index contributed by atoms with van der Waals surface area (Å²) in [5, 5.41) is 9.13. The Morgan fingerprint density at radius 3 is 2.79 bits per heavy atom. The molecule has 0 aromatic heterocycles. The van der Waals surface area contributed by atoms with Crippen molar-refractivity contribution in [3.63, 3.8) is 0 Å². The first-order valence-corrected chi connectivity index (χ1v) is 6.95. The van der Waals surface area contributed by atoms with E-state index in [4.69, 9.17) is 21.4 Å². The van der Waals surface area contributed by atoms with E-state index in [1.165, 1.54) is 6.07 Å². The van der Waals surface area contributed by atoms with E-state index in [0.717, 1.165) is 19.4 Å². The van der Waals surface area contributed by atoms with E-state index in [2.05, 4.69) is 4.90 Å². The van der Waals surface area contributed by atoms with Crippen molar-refractivity contribution in [2.75, 3.05) is 26.4 Å². The van der Waals surface area contributed by atoms with Crippen LogP contribution in [-0.2, 0) is 11.3 Å². The molecule has 1 aliphatic carbocycles. The van der Waals surface area contributed by atoms with Crippen molar-refractivity contribution in [2.24, 2.45) is 0 Å². The molecule has 1 aromatic carbocycles. The number of ether oxygens (including phenoxy) is 1. The molecule has 1 aliphatic rings. The number of rotatable bonds is 8.